The summed E-state index contributed by atoms with van der Waals surface area (Å²) in [5.41, 5.74) is 0. The first-order valence-electron chi connectivity index (χ1n) is 18.4. The molecule has 0 aliphatic heterocycles. The van der Waals surface area contributed by atoms with Crippen molar-refractivity contribution in [3.63, 3.8) is 0 Å². The van der Waals surface area contributed by atoms with Gasteiger partial charge in [0.25, 0.3) is 0 Å². The summed E-state index contributed by atoms with van der Waals surface area (Å²) >= 11 is 0. The fourth-order valence-electron chi connectivity index (χ4n) is 5.83. The van der Waals surface area contributed by atoms with Gasteiger partial charge in [0, 0.05) is 0 Å². The molecular weight excluding hydrogens is 508 g/mol. The molecule has 2 unspecified atom stereocenters. The number of rotatable bonds is 32. The van der Waals surface area contributed by atoms with Crippen LogP contribution in [0, 0.1) is 11.8 Å². The Morgan fingerprint density at radius 2 is 0.585 bits per heavy atom. The van der Waals surface area contributed by atoms with E-state index >= 15 is 0 Å². The molecule has 0 fully saturated rings. The zero-order valence-corrected chi connectivity index (χ0v) is 28.3. The van der Waals surface area contributed by atoms with Gasteiger partial charge in [-0.3, -0.25) is 9.59 Å². The molecule has 0 radical (unpaired) electrons. The third kappa shape index (κ3) is 26.3. The monoisotopic (exact) mass is 581 g/mol. The smallest absolute Gasteiger partial charge is 0.311 e. The molecule has 0 aromatic carbocycles. The summed E-state index contributed by atoms with van der Waals surface area (Å²) in [4.78, 5) is 26.0. The van der Waals surface area contributed by atoms with Crippen molar-refractivity contribution in [1.29, 1.82) is 0 Å². The highest BCUT2D eigenvalue weighted by Crippen LogP contribution is 2.23. The number of hydrogen-bond acceptors (Lipinski definition) is 4. The van der Waals surface area contributed by atoms with E-state index in [1.54, 1.807) is 0 Å². The summed E-state index contributed by atoms with van der Waals surface area (Å²) in [5, 5.41) is 0. The molecule has 0 bridgehead atoms. The summed E-state index contributed by atoms with van der Waals surface area (Å²) in [6.07, 6.45) is 33.1. The van der Waals surface area contributed by atoms with Gasteiger partial charge in [-0.1, -0.05) is 182 Å². The average Bonchev–Trinajstić information content (AvgIpc) is 2.97. The predicted octanol–water partition coefficient (Wildman–Crippen LogP) is 12.3. The van der Waals surface area contributed by atoms with E-state index < -0.39 is 0 Å². The molecule has 0 aromatic rings. The molecule has 0 amide bonds. The van der Waals surface area contributed by atoms with Crippen LogP contribution in [0.1, 0.15) is 207 Å². The van der Waals surface area contributed by atoms with E-state index in [0.717, 1.165) is 51.4 Å². The highest BCUT2D eigenvalue weighted by molar-refractivity contribution is 5.74. The van der Waals surface area contributed by atoms with E-state index in [0.29, 0.717) is 0 Å². The Balaban J connectivity index is 4.64. The minimum absolute atomic E-state index is 0.0620. The molecule has 0 saturated heterocycles. The van der Waals surface area contributed by atoms with Gasteiger partial charge < -0.3 is 9.47 Å². The standard InChI is InChI=1S/C37H72O4/c1-5-9-13-17-19-23-27-31-34(29-25-21-15-11-7-3)36(38)40-33-41-37(39)35(30-26-22-16-12-8-4)32-28-24-20-18-14-10-6-2/h34-35H,5-33H2,1-4H3. The van der Waals surface area contributed by atoms with Crippen LogP contribution in [-0.4, -0.2) is 18.7 Å². The van der Waals surface area contributed by atoms with Crippen LogP contribution in [0.4, 0.5) is 0 Å². The molecule has 41 heavy (non-hydrogen) atoms. The fourth-order valence-corrected chi connectivity index (χ4v) is 5.83. The second-order valence-corrected chi connectivity index (χ2v) is 12.7. The maximum atomic E-state index is 13.0. The molecule has 4 nitrogen and oxygen atoms in total. The zero-order valence-electron chi connectivity index (χ0n) is 28.3. The molecule has 0 aliphatic carbocycles. The van der Waals surface area contributed by atoms with Crippen molar-refractivity contribution in [2.75, 3.05) is 6.79 Å². The molecule has 0 heterocycles. The number of esters is 2. The van der Waals surface area contributed by atoms with Crippen LogP contribution in [0.3, 0.4) is 0 Å². The zero-order chi connectivity index (χ0) is 30.2. The summed E-state index contributed by atoms with van der Waals surface area (Å²) in [5.74, 6) is -0.453. The molecular formula is C37H72O4. The van der Waals surface area contributed by atoms with Crippen molar-refractivity contribution in [3.05, 3.63) is 0 Å². The lowest BCUT2D eigenvalue weighted by Crippen LogP contribution is -2.23. The van der Waals surface area contributed by atoms with Gasteiger partial charge in [0.15, 0.2) is 0 Å². The molecule has 2 atom stereocenters. The van der Waals surface area contributed by atoms with Crippen molar-refractivity contribution >= 4 is 11.9 Å². The Morgan fingerprint density at radius 3 is 0.829 bits per heavy atom. The number of carbonyl (C=O) groups is 2. The van der Waals surface area contributed by atoms with E-state index in [1.165, 1.54) is 128 Å². The van der Waals surface area contributed by atoms with Gasteiger partial charge in [0.05, 0.1) is 11.8 Å². The third-order valence-corrected chi connectivity index (χ3v) is 8.69. The van der Waals surface area contributed by atoms with E-state index in [-0.39, 0.29) is 30.6 Å². The molecule has 0 rings (SSSR count). The van der Waals surface area contributed by atoms with Gasteiger partial charge in [-0.25, -0.2) is 0 Å². The Kier molecular flexibility index (Phi) is 31.0. The van der Waals surface area contributed by atoms with Crippen molar-refractivity contribution in [3.8, 4) is 0 Å². The maximum absolute atomic E-state index is 13.0. The first kappa shape index (κ1) is 39.9. The lowest BCUT2D eigenvalue weighted by Gasteiger charge is -2.18. The summed E-state index contributed by atoms with van der Waals surface area (Å²) in [6, 6.07) is 0. The summed E-state index contributed by atoms with van der Waals surface area (Å²) in [7, 11) is 0. The Morgan fingerprint density at radius 1 is 0.366 bits per heavy atom. The maximum Gasteiger partial charge on any atom is 0.311 e. The SMILES string of the molecule is CCCCCCCCCC(CCCCCCC)C(=O)OCOC(=O)C(CCCCCCC)CCCCCCCCC. The van der Waals surface area contributed by atoms with Crippen molar-refractivity contribution < 1.29 is 19.1 Å². The van der Waals surface area contributed by atoms with Crippen LogP contribution in [0.5, 0.6) is 0 Å². The van der Waals surface area contributed by atoms with Crippen LogP contribution in [0.15, 0.2) is 0 Å². The van der Waals surface area contributed by atoms with Gasteiger partial charge in [-0.05, 0) is 25.7 Å². The normalized spacial score (nSPS) is 12.8. The minimum atomic E-state index is -0.218. The number of hydrogen-bond donors (Lipinski definition) is 0. The second-order valence-electron chi connectivity index (χ2n) is 12.7. The molecule has 0 aromatic heterocycles. The van der Waals surface area contributed by atoms with Gasteiger partial charge in [-0.15, -0.1) is 0 Å². The van der Waals surface area contributed by atoms with E-state index in [1.807, 2.05) is 0 Å². The molecule has 0 spiro atoms. The summed E-state index contributed by atoms with van der Waals surface area (Å²) < 4.78 is 11.1. The van der Waals surface area contributed by atoms with Gasteiger partial charge in [-0.2, -0.15) is 0 Å². The van der Waals surface area contributed by atoms with Crippen molar-refractivity contribution in [2.45, 2.75) is 207 Å². The lowest BCUT2D eigenvalue weighted by molar-refractivity contribution is -0.173. The van der Waals surface area contributed by atoms with E-state index in [2.05, 4.69) is 27.7 Å². The highest BCUT2D eigenvalue weighted by atomic mass is 16.7. The predicted molar refractivity (Wildman–Crippen MR) is 176 cm³/mol. The Labute approximate surface area is 256 Å². The van der Waals surface area contributed by atoms with Crippen LogP contribution >= 0.6 is 0 Å². The molecule has 0 aliphatic rings. The number of unbranched alkanes of at least 4 members (excludes halogenated alkanes) is 20. The minimum Gasteiger partial charge on any atom is -0.428 e. The Hall–Kier alpha value is -1.06. The van der Waals surface area contributed by atoms with Gasteiger partial charge in [0.2, 0.25) is 6.79 Å². The van der Waals surface area contributed by atoms with Gasteiger partial charge >= 0.3 is 11.9 Å². The third-order valence-electron chi connectivity index (χ3n) is 8.69. The molecule has 4 heteroatoms. The van der Waals surface area contributed by atoms with Gasteiger partial charge in [0.1, 0.15) is 0 Å². The second kappa shape index (κ2) is 31.9. The van der Waals surface area contributed by atoms with Crippen LogP contribution in [-0.2, 0) is 19.1 Å². The molecule has 0 saturated carbocycles. The van der Waals surface area contributed by atoms with Crippen molar-refractivity contribution in [1.82, 2.24) is 0 Å². The van der Waals surface area contributed by atoms with Crippen LogP contribution in [0.2, 0.25) is 0 Å². The van der Waals surface area contributed by atoms with Crippen LogP contribution < -0.4 is 0 Å². The largest absolute Gasteiger partial charge is 0.428 e. The fraction of sp³-hybridized carbons (Fsp3) is 0.946. The topological polar surface area (TPSA) is 52.6 Å². The molecule has 0 N–H and O–H groups in total. The first-order chi connectivity index (χ1) is 20.1. The van der Waals surface area contributed by atoms with E-state index in [4.69, 9.17) is 9.47 Å². The quantitative estimate of drug-likeness (QED) is 0.0451. The highest BCUT2D eigenvalue weighted by Gasteiger charge is 2.22. The molecule has 244 valence electrons. The van der Waals surface area contributed by atoms with Crippen molar-refractivity contribution in [2.24, 2.45) is 11.8 Å². The number of carbonyl (C=O) groups excluding carboxylic acids is 2. The van der Waals surface area contributed by atoms with E-state index in [9.17, 15) is 9.59 Å². The lowest BCUT2D eigenvalue weighted by atomic mass is 9.94. The van der Waals surface area contributed by atoms with Crippen LogP contribution in [0.25, 0.3) is 0 Å². The number of ether oxygens (including phenoxy) is 2. The summed E-state index contributed by atoms with van der Waals surface area (Å²) in [6.45, 7) is 8.74. The Bertz CT molecular complexity index is 513. The first-order valence-corrected chi connectivity index (χ1v) is 18.4. The average molecular weight is 581 g/mol.